The Balaban J connectivity index is 2.17. The van der Waals surface area contributed by atoms with Crippen molar-refractivity contribution in [1.29, 1.82) is 0 Å². The van der Waals surface area contributed by atoms with Gasteiger partial charge >= 0.3 is 0 Å². The van der Waals surface area contributed by atoms with Crippen molar-refractivity contribution in [3.8, 4) is 11.3 Å². The lowest BCUT2D eigenvalue weighted by molar-refractivity contribution is -0.140. The summed E-state index contributed by atoms with van der Waals surface area (Å²) in [7, 11) is 1.43. The normalized spacial score (nSPS) is 13.4. The van der Waals surface area contributed by atoms with E-state index in [1.165, 1.54) is 31.4 Å². The van der Waals surface area contributed by atoms with Gasteiger partial charge in [0.1, 0.15) is 30.7 Å². The summed E-state index contributed by atoms with van der Waals surface area (Å²) < 4.78 is 48.2. The topological polar surface area (TPSA) is 73.4 Å². The van der Waals surface area contributed by atoms with Gasteiger partial charge in [-0.25, -0.2) is 18.2 Å². The summed E-state index contributed by atoms with van der Waals surface area (Å²) in [6.07, 6.45) is 2.03. The van der Waals surface area contributed by atoms with E-state index in [-0.39, 0.29) is 37.8 Å². The van der Waals surface area contributed by atoms with Gasteiger partial charge < -0.3 is 19.9 Å². The fourth-order valence-corrected chi connectivity index (χ4v) is 4.37. The first-order valence-electron chi connectivity index (χ1n) is 12.2. The van der Waals surface area contributed by atoms with Gasteiger partial charge in [-0.1, -0.05) is 45.0 Å². The number of nitrogens with two attached hydrogens (primary N) is 1. The number of carbonyl (C=O) groups excluding carboxylic acids is 1. The zero-order chi connectivity index (χ0) is 27.2. The van der Waals surface area contributed by atoms with Crippen LogP contribution in [0.4, 0.5) is 13.2 Å². The molecule has 1 amide bonds. The number of carbonyl (C=O) groups is 1. The molecule has 0 fully saturated rings. The van der Waals surface area contributed by atoms with E-state index in [0.29, 0.717) is 22.6 Å². The van der Waals surface area contributed by atoms with Gasteiger partial charge in [0.25, 0.3) is 0 Å². The fraction of sp³-hybridized carbons (Fsp3) is 0.429. The zero-order valence-electron chi connectivity index (χ0n) is 21.8. The summed E-state index contributed by atoms with van der Waals surface area (Å²) in [5.74, 6) is -0.521. The van der Waals surface area contributed by atoms with Crippen molar-refractivity contribution in [2.24, 2.45) is 11.1 Å². The lowest BCUT2D eigenvalue weighted by atomic mass is 9.84. The third-order valence-electron chi connectivity index (χ3n) is 6.07. The Morgan fingerprint density at radius 2 is 1.81 bits per heavy atom. The molecule has 2 unspecified atom stereocenters. The number of rotatable bonds is 11. The number of hydrogen-bond acceptors (Lipinski definition) is 4. The minimum Gasteiger partial charge on any atom is -0.375 e. The van der Waals surface area contributed by atoms with Crippen LogP contribution in [0, 0.1) is 17.0 Å². The highest BCUT2D eigenvalue weighted by atomic mass is 19.1. The number of ether oxygens (including phenoxy) is 1. The van der Waals surface area contributed by atoms with Crippen molar-refractivity contribution in [3.05, 3.63) is 77.8 Å². The van der Waals surface area contributed by atoms with Gasteiger partial charge in [0.05, 0.1) is 11.7 Å². The number of amides is 1. The van der Waals surface area contributed by atoms with Crippen LogP contribution in [0.25, 0.3) is 11.3 Å². The van der Waals surface area contributed by atoms with E-state index in [2.05, 4.69) is 0 Å². The summed E-state index contributed by atoms with van der Waals surface area (Å²) >= 11 is 0. The number of alkyl halides is 1. The Kier molecular flexibility index (Phi) is 9.50. The van der Waals surface area contributed by atoms with E-state index >= 15 is 0 Å². The quantitative estimate of drug-likeness (QED) is 0.384. The predicted molar refractivity (Wildman–Crippen MR) is 137 cm³/mol. The Labute approximate surface area is 216 Å². The van der Waals surface area contributed by atoms with Crippen molar-refractivity contribution >= 4 is 5.91 Å². The second-order valence-corrected chi connectivity index (χ2v) is 10.2. The molecule has 9 heteroatoms. The van der Waals surface area contributed by atoms with Crippen molar-refractivity contribution in [2.75, 3.05) is 26.9 Å². The van der Waals surface area contributed by atoms with Crippen LogP contribution >= 0.6 is 0 Å². The first-order chi connectivity index (χ1) is 17.5. The van der Waals surface area contributed by atoms with Crippen molar-refractivity contribution in [1.82, 2.24) is 14.5 Å². The van der Waals surface area contributed by atoms with Crippen LogP contribution in [-0.4, -0.2) is 53.3 Å². The molecule has 0 saturated heterocycles. The molecule has 1 aromatic heterocycles. The SMILES string of the molecule is COCC(=O)N(CCC(N)CF)C(c1nc(-c2cccc(F)c2)cn1Cc1cccc(F)c1)C(C)(C)C. The summed E-state index contributed by atoms with van der Waals surface area (Å²) in [5.41, 5.74) is 7.11. The number of nitrogens with zero attached hydrogens (tertiary/aromatic N) is 3. The van der Waals surface area contributed by atoms with Crippen molar-refractivity contribution in [2.45, 2.75) is 45.8 Å². The molecule has 6 nitrogen and oxygen atoms in total. The van der Waals surface area contributed by atoms with Crippen molar-refractivity contribution in [3.63, 3.8) is 0 Å². The first-order valence-corrected chi connectivity index (χ1v) is 12.2. The van der Waals surface area contributed by atoms with Gasteiger partial charge in [0.2, 0.25) is 5.91 Å². The Hall–Kier alpha value is -3.17. The monoisotopic (exact) mass is 516 g/mol. The van der Waals surface area contributed by atoms with Gasteiger partial charge in [-0.2, -0.15) is 0 Å². The molecule has 200 valence electrons. The third-order valence-corrected chi connectivity index (χ3v) is 6.07. The zero-order valence-corrected chi connectivity index (χ0v) is 21.8. The van der Waals surface area contributed by atoms with Gasteiger partial charge in [0, 0.05) is 38.0 Å². The van der Waals surface area contributed by atoms with E-state index in [0.717, 1.165) is 0 Å². The number of methoxy groups -OCH3 is 1. The average Bonchev–Trinajstić information content (AvgIpc) is 3.23. The molecule has 3 aromatic rings. The van der Waals surface area contributed by atoms with Crippen molar-refractivity contribution < 1.29 is 22.7 Å². The smallest absolute Gasteiger partial charge is 0.249 e. The molecule has 2 N–H and O–H groups in total. The molecule has 3 rings (SSSR count). The van der Waals surface area contributed by atoms with Crippen LogP contribution in [0.15, 0.2) is 54.7 Å². The molecule has 0 aliphatic heterocycles. The molecule has 2 atom stereocenters. The summed E-state index contributed by atoms with van der Waals surface area (Å²) in [6.45, 7) is 5.52. The van der Waals surface area contributed by atoms with E-state index in [4.69, 9.17) is 15.5 Å². The Bertz CT molecular complexity index is 1190. The maximum atomic E-state index is 14.0. The number of imidazole rings is 1. The molecule has 1 heterocycles. The van der Waals surface area contributed by atoms with E-state index in [1.54, 1.807) is 35.4 Å². The number of hydrogen-bond donors (Lipinski definition) is 1. The van der Waals surface area contributed by atoms with Crippen LogP contribution in [0.2, 0.25) is 0 Å². The van der Waals surface area contributed by atoms with Crippen LogP contribution < -0.4 is 5.73 Å². The van der Waals surface area contributed by atoms with Gasteiger partial charge in [-0.05, 0) is 41.7 Å². The van der Waals surface area contributed by atoms with Crippen LogP contribution in [0.1, 0.15) is 44.6 Å². The van der Waals surface area contributed by atoms with Crippen LogP contribution in [0.3, 0.4) is 0 Å². The van der Waals surface area contributed by atoms with E-state index in [9.17, 15) is 18.0 Å². The van der Waals surface area contributed by atoms with Crippen LogP contribution in [0.5, 0.6) is 0 Å². The summed E-state index contributed by atoms with van der Waals surface area (Å²) in [5, 5.41) is 0. The first kappa shape index (κ1) is 28.4. The minimum absolute atomic E-state index is 0.168. The highest BCUT2D eigenvalue weighted by molar-refractivity contribution is 5.78. The molecule has 37 heavy (non-hydrogen) atoms. The molecule has 2 aromatic carbocycles. The largest absolute Gasteiger partial charge is 0.375 e. The van der Waals surface area contributed by atoms with E-state index in [1.807, 2.05) is 25.3 Å². The molecule has 0 radical (unpaired) electrons. The molecule has 0 spiro atoms. The predicted octanol–water partition coefficient (Wildman–Crippen LogP) is 5.13. The lowest BCUT2D eigenvalue weighted by Crippen LogP contribution is -2.45. The highest BCUT2D eigenvalue weighted by Crippen LogP contribution is 2.39. The number of halogens is 3. The number of aromatic nitrogens is 2. The molecular formula is C28H35F3N4O2. The molecule has 0 aliphatic carbocycles. The lowest BCUT2D eigenvalue weighted by Gasteiger charge is -2.40. The maximum absolute atomic E-state index is 14.0. The van der Waals surface area contributed by atoms with Gasteiger partial charge in [-0.15, -0.1) is 0 Å². The summed E-state index contributed by atoms with van der Waals surface area (Å²) in [6, 6.07) is 11.0. The minimum atomic E-state index is -0.714. The Morgan fingerprint density at radius 3 is 2.41 bits per heavy atom. The number of benzene rings is 2. The second-order valence-electron chi connectivity index (χ2n) is 10.2. The molecule has 0 saturated carbocycles. The second kappa shape index (κ2) is 12.4. The molecular weight excluding hydrogens is 481 g/mol. The maximum Gasteiger partial charge on any atom is 0.249 e. The third kappa shape index (κ3) is 7.42. The Morgan fingerprint density at radius 1 is 1.14 bits per heavy atom. The molecule has 0 bridgehead atoms. The van der Waals surface area contributed by atoms with Gasteiger partial charge in [-0.3, -0.25) is 4.79 Å². The molecule has 0 aliphatic rings. The standard InChI is InChI=1S/C28H35F3N4O2/c1-28(2,3)26(35(25(36)18-37-4)12-11-23(32)15-29)27-33-24(20-8-6-10-22(31)14-20)17-34(27)16-19-7-5-9-21(30)13-19/h5-10,13-14,17,23,26H,11-12,15-16,18,32H2,1-4H3. The highest BCUT2D eigenvalue weighted by Gasteiger charge is 2.38. The average molecular weight is 517 g/mol. The van der Waals surface area contributed by atoms with Crippen LogP contribution in [-0.2, 0) is 16.1 Å². The fourth-order valence-electron chi connectivity index (χ4n) is 4.37. The summed E-state index contributed by atoms with van der Waals surface area (Å²) in [4.78, 5) is 19.8. The van der Waals surface area contributed by atoms with E-state index < -0.39 is 30.0 Å². The van der Waals surface area contributed by atoms with Gasteiger partial charge in [0.15, 0.2) is 0 Å².